The van der Waals surface area contributed by atoms with Gasteiger partial charge in [0.05, 0.1) is 0 Å². The summed E-state index contributed by atoms with van der Waals surface area (Å²) in [4.78, 5) is 0. The molecule has 0 spiro atoms. The van der Waals surface area contributed by atoms with Crippen LogP contribution in [0.1, 0.15) is 63.9 Å². The van der Waals surface area contributed by atoms with Crippen molar-refractivity contribution in [2.24, 2.45) is 0 Å². The molecule has 0 radical (unpaired) electrons. The molecule has 118 valence electrons. The molecule has 1 N–H and O–H groups in total. The molecular weight excluding hydrogens is 282 g/mol. The van der Waals surface area contributed by atoms with Crippen LogP contribution in [0.2, 0.25) is 5.02 Å². The van der Waals surface area contributed by atoms with E-state index in [4.69, 9.17) is 16.3 Å². The zero-order valence-corrected chi connectivity index (χ0v) is 14.3. The van der Waals surface area contributed by atoms with Gasteiger partial charge >= 0.3 is 0 Å². The largest absolute Gasteiger partial charge is 0.486 e. The van der Waals surface area contributed by atoms with E-state index < -0.39 is 0 Å². The number of hydrogen-bond donors (Lipinski definition) is 1. The van der Waals surface area contributed by atoms with Gasteiger partial charge in [-0.3, -0.25) is 0 Å². The van der Waals surface area contributed by atoms with Crippen molar-refractivity contribution in [3.63, 3.8) is 0 Å². The van der Waals surface area contributed by atoms with Crippen LogP contribution in [0.3, 0.4) is 0 Å². The summed E-state index contributed by atoms with van der Waals surface area (Å²) in [6.45, 7) is 5.19. The number of halogens is 1. The molecule has 0 aromatic heterocycles. The topological polar surface area (TPSA) is 21.3 Å². The van der Waals surface area contributed by atoms with Gasteiger partial charge in [-0.2, -0.15) is 0 Å². The molecule has 1 aliphatic carbocycles. The highest BCUT2D eigenvalue weighted by molar-refractivity contribution is 6.30. The van der Waals surface area contributed by atoms with Gasteiger partial charge in [0.15, 0.2) is 0 Å². The van der Waals surface area contributed by atoms with E-state index in [-0.39, 0.29) is 5.60 Å². The number of likely N-dealkylation sites (N-methyl/N-ethyl adjacent to an activating group) is 1. The third kappa shape index (κ3) is 4.37. The maximum absolute atomic E-state index is 6.41. The minimum absolute atomic E-state index is 0.175. The minimum Gasteiger partial charge on any atom is -0.486 e. The van der Waals surface area contributed by atoms with Gasteiger partial charge in [-0.1, -0.05) is 37.8 Å². The first-order valence-corrected chi connectivity index (χ1v) is 8.59. The number of rotatable bonds is 6. The van der Waals surface area contributed by atoms with Crippen molar-refractivity contribution in [2.45, 2.75) is 63.9 Å². The molecule has 21 heavy (non-hydrogen) atoms. The minimum atomic E-state index is -0.175. The third-order valence-electron chi connectivity index (χ3n) is 4.67. The first kappa shape index (κ1) is 16.6. The standard InChI is InChI=1S/C18H28ClNO/c1-4-18(2,13-20-3)21-17-11-10-15(19)12-16(17)14-8-6-5-7-9-14/h10-12,14,20H,4-9,13H2,1-3H3. The summed E-state index contributed by atoms with van der Waals surface area (Å²) in [6, 6.07) is 6.11. The van der Waals surface area contributed by atoms with Gasteiger partial charge in [0.2, 0.25) is 0 Å². The van der Waals surface area contributed by atoms with Crippen LogP contribution < -0.4 is 10.1 Å². The van der Waals surface area contributed by atoms with Gasteiger partial charge in [-0.15, -0.1) is 0 Å². The van der Waals surface area contributed by atoms with Gasteiger partial charge < -0.3 is 10.1 Å². The van der Waals surface area contributed by atoms with Crippen molar-refractivity contribution < 1.29 is 4.74 Å². The zero-order chi connectivity index (χ0) is 15.3. The summed E-state index contributed by atoms with van der Waals surface area (Å²) in [5.41, 5.74) is 1.13. The average Bonchev–Trinajstić information content (AvgIpc) is 2.50. The quantitative estimate of drug-likeness (QED) is 0.784. The maximum atomic E-state index is 6.41. The highest BCUT2D eigenvalue weighted by atomic mass is 35.5. The Kier molecular flexibility index (Phi) is 5.95. The molecule has 2 nitrogen and oxygen atoms in total. The van der Waals surface area contributed by atoms with E-state index in [0.717, 1.165) is 23.7 Å². The zero-order valence-electron chi connectivity index (χ0n) is 13.5. The molecule has 1 saturated carbocycles. The molecule has 0 bridgehead atoms. The molecule has 3 heteroatoms. The lowest BCUT2D eigenvalue weighted by Crippen LogP contribution is -2.41. The predicted octanol–water partition coefficient (Wildman–Crippen LogP) is 5.15. The second-order valence-electron chi connectivity index (χ2n) is 6.45. The van der Waals surface area contributed by atoms with Crippen LogP contribution in [-0.2, 0) is 0 Å². The number of benzene rings is 1. The molecule has 1 aromatic carbocycles. The first-order valence-electron chi connectivity index (χ1n) is 8.21. The second kappa shape index (κ2) is 7.51. The van der Waals surface area contributed by atoms with Crippen LogP contribution in [0.4, 0.5) is 0 Å². The Morgan fingerprint density at radius 1 is 1.29 bits per heavy atom. The van der Waals surface area contributed by atoms with Crippen LogP contribution >= 0.6 is 11.6 Å². The first-order chi connectivity index (χ1) is 10.1. The summed E-state index contributed by atoms with van der Waals surface area (Å²) >= 11 is 6.23. The number of ether oxygens (including phenoxy) is 1. The molecule has 1 atom stereocenters. The SMILES string of the molecule is CCC(C)(CNC)Oc1ccc(Cl)cc1C1CCCCC1. The molecule has 1 fully saturated rings. The van der Waals surface area contributed by atoms with Crippen LogP contribution in [0.25, 0.3) is 0 Å². The van der Waals surface area contributed by atoms with Crippen molar-refractivity contribution in [1.29, 1.82) is 0 Å². The Bertz CT molecular complexity index is 457. The van der Waals surface area contributed by atoms with E-state index in [1.807, 2.05) is 13.1 Å². The van der Waals surface area contributed by atoms with Gasteiger partial charge in [-0.05, 0) is 62.9 Å². The Hall–Kier alpha value is -0.730. The number of hydrogen-bond acceptors (Lipinski definition) is 2. The van der Waals surface area contributed by atoms with E-state index in [2.05, 4.69) is 31.3 Å². The van der Waals surface area contributed by atoms with Crippen molar-refractivity contribution >= 4 is 11.6 Å². The molecule has 0 amide bonds. The Morgan fingerprint density at radius 3 is 2.62 bits per heavy atom. The van der Waals surface area contributed by atoms with E-state index in [9.17, 15) is 0 Å². The van der Waals surface area contributed by atoms with E-state index in [0.29, 0.717) is 5.92 Å². The predicted molar refractivity (Wildman–Crippen MR) is 90.5 cm³/mol. The fourth-order valence-corrected chi connectivity index (χ4v) is 3.40. The van der Waals surface area contributed by atoms with Crippen LogP contribution in [-0.4, -0.2) is 19.2 Å². The fraction of sp³-hybridized carbons (Fsp3) is 0.667. The Labute approximate surface area is 134 Å². The molecule has 1 aromatic rings. The summed E-state index contributed by atoms with van der Waals surface area (Å²) in [7, 11) is 1.97. The summed E-state index contributed by atoms with van der Waals surface area (Å²) in [6.07, 6.45) is 7.48. The van der Waals surface area contributed by atoms with E-state index in [1.165, 1.54) is 37.7 Å². The summed E-state index contributed by atoms with van der Waals surface area (Å²) in [5.74, 6) is 1.62. The maximum Gasteiger partial charge on any atom is 0.123 e. The van der Waals surface area contributed by atoms with Crippen molar-refractivity contribution in [1.82, 2.24) is 5.32 Å². The summed E-state index contributed by atoms with van der Waals surface area (Å²) in [5, 5.41) is 4.05. The third-order valence-corrected chi connectivity index (χ3v) is 4.91. The molecule has 1 unspecified atom stereocenters. The Morgan fingerprint density at radius 2 is 2.00 bits per heavy atom. The van der Waals surface area contributed by atoms with E-state index in [1.54, 1.807) is 0 Å². The molecule has 0 aliphatic heterocycles. The lowest BCUT2D eigenvalue weighted by atomic mass is 9.83. The lowest BCUT2D eigenvalue weighted by Gasteiger charge is -2.32. The molecule has 0 saturated heterocycles. The molecular formula is C18H28ClNO. The van der Waals surface area contributed by atoms with Gasteiger partial charge in [0.25, 0.3) is 0 Å². The molecule has 0 heterocycles. The van der Waals surface area contributed by atoms with Crippen LogP contribution in [0.5, 0.6) is 5.75 Å². The second-order valence-corrected chi connectivity index (χ2v) is 6.89. The lowest BCUT2D eigenvalue weighted by molar-refractivity contribution is 0.0838. The van der Waals surface area contributed by atoms with Gasteiger partial charge in [0, 0.05) is 11.6 Å². The van der Waals surface area contributed by atoms with Crippen molar-refractivity contribution in [3.8, 4) is 5.75 Å². The molecule has 1 aliphatic rings. The van der Waals surface area contributed by atoms with Crippen LogP contribution in [0, 0.1) is 0 Å². The smallest absolute Gasteiger partial charge is 0.123 e. The highest BCUT2D eigenvalue weighted by Crippen LogP contribution is 2.40. The monoisotopic (exact) mass is 309 g/mol. The van der Waals surface area contributed by atoms with E-state index >= 15 is 0 Å². The van der Waals surface area contributed by atoms with Gasteiger partial charge in [-0.25, -0.2) is 0 Å². The molecule has 2 rings (SSSR count). The average molecular weight is 310 g/mol. The number of nitrogens with one attached hydrogen (secondary N) is 1. The van der Waals surface area contributed by atoms with Crippen molar-refractivity contribution in [3.05, 3.63) is 28.8 Å². The fourth-order valence-electron chi connectivity index (χ4n) is 3.22. The highest BCUT2D eigenvalue weighted by Gasteiger charge is 2.27. The Balaban J connectivity index is 2.25. The normalized spacial score (nSPS) is 19.2. The summed E-state index contributed by atoms with van der Waals surface area (Å²) < 4.78 is 6.41. The van der Waals surface area contributed by atoms with Crippen LogP contribution in [0.15, 0.2) is 18.2 Å². The van der Waals surface area contributed by atoms with Gasteiger partial charge in [0.1, 0.15) is 11.4 Å². The van der Waals surface area contributed by atoms with Crippen molar-refractivity contribution in [2.75, 3.05) is 13.6 Å².